The molecule has 2 N–H and O–H groups in total. The fourth-order valence-corrected chi connectivity index (χ4v) is 3.06. The predicted molar refractivity (Wildman–Crippen MR) is 67.8 cm³/mol. The van der Waals surface area contributed by atoms with Crippen molar-refractivity contribution < 1.29 is 0 Å². The Balaban J connectivity index is 1.81. The van der Waals surface area contributed by atoms with Gasteiger partial charge in [0.05, 0.1) is 0 Å². The zero-order valence-electron chi connectivity index (χ0n) is 10.2. The number of nitrogens with two attached hydrogens (primary N) is 1. The Hall–Kier alpha value is -1.36. The van der Waals surface area contributed by atoms with Crippen molar-refractivity contribution in [1.82, 2.24) is 14.9 Å². The molecule has 0 spiro atoms. The standard InChI is InChI=1S/C12H19N5/c1-16-9-2-3-10(16)8-17(7-5-9)11-4-6-14-12(13)15-11/h4,6,9-10H,2-3,5,7-8H2,1H3,(H2,13,14,15)/t9-,10+/m1/s1. The van der Waals surface area contributed by atoms with E-state index in [1.807, 2.05) is 6.07 Å². The van der Waals surface area contributed by atoms with Crippen LogP contribution in [0.25, 0.3) is 0 Å². The third-order valence-electron chi connectivity index (χ3n) is 4.13. The molecular weight excluding hydrogens is 214 g/mol. The SMILES string of the molecule is CN1[C@@H]2CC[C@H]1CN(c1ccnc(N)n1)CC2. The Kier molecular flexibility index (Phi) is 2.63. The lowest BCUT2D eigenvalue weighted by Crippen LogP contribution is -2.37. The van der Waals surface area contributed by atoms with Crippen molar-refractivity contribution in [2.75, 3.05) is 30.8 Å². The maximum atomic E-state index is 5.65. The molecule has 1 aromatic rings. The van der Waals surface area contributed by atoms with Gasteiger partial charge in [0.2, 0.25) is 5.95 Å². The van der Waals surface area contributed by atoms with Crippen LogP contribution in [0.2, 0.25) is 0 Å². The highest BCUT2D eigenvalue weighted by molar-refractivity contribution is 5.41. The highest BCUT2D eigenvalue weighted by Gasteiger charge is 2.34. The number of hydrogen-bond acceptors (Lipinski definition) is 5. The molecule has 2 saturated heterocycles. The van der Waals surface area contributed by atoms with Gasteiger partial charge < -0.3 is 10.6 Å². The summed E-state index contributed by atoms with van der Waals surface area (Å²) in [4.78, 5) is 13.1. The van der Waals surface area contributed by atoms with E-state index in [0.29, 0.717) is 12.0 Å². The predicted octanol–water partition coefficient (Wildman–Crippen LogP) is 0.732. The maximum Gasteiger partial charge on any atom is 0.221 e. The van der Waals surface area contributed by atoms with Crippen LogP contribution in [0.4, 0.5) is 11.8 Å². The minimum Gasteiger partial charge on any atom is -0.368 e. The first-order valence-electron chi connectivity index (χ1n) is 6.29. The average molecular weight is 233 g/mol. The normalized spacial score (nSPS) is 29.4. The number of rotatable bonds is 1. The number of nitrogen functional groups attached to an aromatic ring is 1. The van der Waals surface area contributed by atoms with Crippen LogP contribution in [-0.4, -0.2) is 47.1 Å². The van der Waals surface area contributed by atoms with Crippen molar-refractivity contribution in [3.63, 3.8) is 0 Å². The molecule has 92 valence electrons. The number of likely N-dealkylation sites (N-methyl/N-ethyl adjacent to an activating group) is 1. The lowest BCUT2D eigenvalue weighted by Gasteiger charge is -2.26. The molecule has 3 rings (SSSR count). The van der Waals surface area contributed by atoms with Crippen LogP contribution in [0.15, 0.2) is 12.3 Å². The highest BCUT2D eigenvalue weighted by atomic mass is 15.3. The molecule has 2 aliphatic rings. The Bertz CT molecular complexity index is 408. The summed E-state index contributed by atoms with van der Waals surface area (Å²) in [5.41, 5.74) is 5.65. The van der Waals surface area contributed by atoms with E-state index in [4.69, 9.17) is 5.73 Å². The van der Waals surface area contributed by atoms with Crippen molar-refractivity contribution in [2.45, 2.75) is 31.3 Å². The van der Waals surface area contributed by atoms with Gasteiger partial charge in [-0.15, -0.1) is 0 Å². The van der Waals surface area contributed by atoms with Crippen LogP contribution in [0.3, 0.4) is 0 Å². The quantitative estimate of drug-likeness (QED) is 0.775. The van der Waals surface area contributed by atoms with E-state index in [0.717, 1.165) is 24.9 Å². The van der Waals surface area contributed by atoms with E-state index >= 15 is 0 Å². The molecule has 0 aliphatic carbocycles. The fourth-order valence-electron chi connectivity index (χ4n) is 3.06. The summed E-state index contributed by atoms with van der Waals surface area (Å²) in [7, 11) is 2.25. The highest BCUT2D eigenvalue weighted by Crippen LogP contribution is 2.29. The first kappa shape index (κ1) is 10.8. The molecule has 2 bridgehead atoms. The Morgan fingerprint density at radius 2 is 2.12 bits per heavy atom. The average Bonchev–Trinajstić information content (AvgIpc) is 2.53. The molecule has 2 aliphatic heterocycles. The first-order valence-corrected chi connectivity index (χ1v) is 6.29. The van der Waals surface area contributed by atoms with Crippen LogP contribution < -0.4 is 10.6 Å². The number of anilines is 2. The van der Waals surface area contributed by atoms with Gasteiger partial charge in [-0.05, 0) is 32.4 Å². The summed E-state index contributed by atoms with van der Waals surface area (Å²) in [6, 6.07) is 3.37. The molecule has 2 atom stereocenters. The third-order valence-corrected chi connectivity index (χ3v) is 4.13. The summed E-state index contributed by atoms with van der Waals surface area (Å²) in [5.74, 6) is 1.34. The molecule has 3 heterocycles. The van der Waals surface area contributed by atoms with Crippen LogP contribution in [0.1, 0.15) is 19.3 Å². The molecular formula is C12H19N5. The Labute approximate surface area is 102 Å². The van der Waals surface area contributed by atoms with Crippen LogP contribution >= 0.6 is 0 Å². The largest absolute Gasteiger partial charge is 0.368 e. The fraction of sp³-hybridized carbons (Fsp3) is 0.667. The van der Waals surface area contributed by atoms with Crippen molar-refractivity contribution in [3.05, 3.63) is 12.3 Å². The van der Waals surface area contributed by atoms with Gasteiger partial charge in [-0.25, -0.2) is 4.98 Å². The van der Waals surface area contributed by atoms with E-state index < -0.39 is 0 Å². The van der Waals surface area contributed by atoms with Crippen LogP contribution in [0.5, 0.6) is 0 Å². The molecule has 17 heavy (non-hydrogen) atoms. The van der Waals surface area contributed by atoms with Gasteiger partial charge in [-0.3, -0.25) is 4.90 Å². The lowest BCUT2D eigenvalue weighted by molar-refractivity contribution is 0.254. The van der Waals surface area contributed by atoms with Crippen LogP contribution in [0, 0.1) is 0 Å². The topological polar surface area (TPSA) is 58.3 Å². The molecule has 2 fully saturated rings. The lowest BCUT2D eigenvalue weighted by atomic mass is 10.1. The summed E-state index contributed by atoms with van der Waals surface area (Å²) in [6.45, 7) is 2.13. The molecule has 0 saturated carbocycles. The molecule has 0 amide bonds. The summed E-state index contributed by atoms with van der Waals surface area (Å²) >= 11 is 0. The molecule has 0 aromatic carbocycles. The Morgan fingerprint density at radius 3 is 2.94 bits per heavy atom. The van der Waals surface area contributed by atoms with E-state index in [9.17, 15) is 0 Å². The van der Waals surface area contributed by atoms with Crippen molar-refractivity contribution >= 4 is 11.8 Å². The number of fused-ring (bicyclic) bond motifs is 2. The molecule has 1 aromatic heterocycles. The van der Waals surface area contributed by atoms with E-state index in [-0.39, 0.29) is 0 Å². The monoisotopic (exact) mass is 233 g/mol. The second-order valence-corrected chi connectivity index (χ2v) is 5.06. The molecule has 5 heteroatoms. The minimum atomic E-state index is 0.366. The van der Waals surface area contributed by atoms with Crippen molar-refractivity contribution in [2.24, 2.45) is 0 Å². The second-order valence-electron chi connectivity index (χ2n) is 5.06. The minimum absolute atomic E-state index is 0.366. The summed E-state index contributed by atoms with van der Waals surface area (Å²) in [6.07, 6.45) is 5.61. The number of hydrogen-bond donors (Lipinski definition) is 1. The number of nitrogens with zero attached hydrogens (tertiary/aromatic N) is 4. The first-order chi connectivity index (χ1) is 8.24. The molecule has 0 radical (unpaired) electrons. The van der Waals surface area contributed by atoms with Gasteiger partial charge in [0, 0.05) is 31.4 Å². The zero-order valence-corrected chi connectivity index (χ0v) is 10.2. The van der Waals surface area contributed by atoms with Gasteiger partial charge in [0.15, 0.2) is 0 Å². The smallest absolute Gasteiger partial charge is 0.221 e. The Morgan fingerprint density at radius 1 is 1.29 bits per heavy atom. The molecule has 5 nitrogen and oxygen atoms in total. The maximum absolute atomic E-state index is 5.65. The third kappa shape index (κ3) is 1.95. The van der Waals surface area contributed by atoms with E-state index in [1.165, 1.54) is 19.3 Å². The van der Waals surface area contributed by atoms with Crippen molar-refractivity contribution in [3.8, 4) is 0 Å². The van der Waals surface area contributed by atoms with Gasteiger partial charge in [-0.2, -0.15) is 4.98 Å². The van der Waals surface area contributed by atoms with Gasteiger partial charge in [-0.1, -0.05) is 0 Å². The van der Waals surface area contributed by atoms with Gasteiger partial charge in [0.1, 0.15) is 5.82 Å². The van der Waals surface area contributed by atoms with Crippen molar-refractivity contribution in [1.29, 1.82) is 0 Å². The van der Waals surface area contributed by atoms with Gasteiger partial charge >= 0.3 is 0 Å². The molecule has 0 unspecified atom stereocenters. The zero-order chi connectivity index (χ0) is 11.8. The number of aromatic nitrogens is 2. The van der Waals surface area contributed by atoms with E-state index in [2.05, 4.69) is 26.8 Å². The van der Waals surface area contributed by atoms with Gasteiger partial charge in [0.25, 0.3) is 0 Å². The summed E-state index contributed by atoms with van der Waals surface area (Å²) in [5, 5.41) is 0. The van der Waals surface area contributed by atoms with E-state index in [1.54, 1.807) is 6.20 Å². The second kappa shape index (κ2) is 4.14. The summed E-state index contributed by atoms with van der Waals surface area (Å²) < 4.78 is 0. The van der Waals surface area contributed by atoms with Crippen LogP contribution in [-0.2, 0) is 0 Å².